The average Bonchev–Trinajstić information content (AvgIpc) is 2.17. The van der Waals surface area contributed by atoms with Crippen molar-refractivity contribution < 1.29 is 4.42 Å². The van der Waals surface area contributed by atoms with Crippen molar-refractivity contribution in [1.29, 1.82) is 0 Å². The highest BCUT2D eigenvalue weighted by atomic mass is 32.2. The number of H-pyrrole nitrogens is 1. The molecule has 0 fully saturated rings. The number of aromatic amines is 1. The molecule has 4 nitrogen and oxygen atoms in total. The number of rotatable bonds is 1. The molecule has 0 unspecified atom stereocenters. The number of benzene rings is 1. The fraction of sp³-hybridized carbons (Fsp3) is 0.111. The minimum atomic E-state index is -0.723. The van der Waals surface area contributed by atoms with E-state index >= 15 is 0 Å². The number of fused-ring (bicyclic) bond motifs is 1. The van der Waals surface area contributed by atoms with Crippen molar-refractivity contribution >= 4 is 22.7 Å². The van der Waals surface area contributed by atoms with Crippen LogP contribution in [0.3, 0.4) is 0 Å². The standard InChI is InChI=1S/C9H7NO3S/c1-14-5-2-3-7-6(4-5)8(11)10-9(12)13-7/h2-4H,1H3,(H,10,11,12). The highest BCUT2D eigenvalue weighted by Crippen LogP contribution is 2.18. The second-order valence-electron chi connectivity index (χ2n) is 2.71. The zero-order chi connectivity index (χ0) is 10.1. The first-order valence-corrected chi connectivity index (χ1v) is 5.14. The van der Waals surface area contributed by atoms with E-state index in [1.165, 1.54) is 11.8 Å². The molecule has 2 rings (SSSR count). The molecule has 0 spiro atoms. The van der Waals surface area contributed by atoms with Gasteiger partial charge in [0, 0.05) is 4.90 Å². The van der Waals surface area contributed by atoms with Gasteiger partial charge in [0.15, 0.2) is 0 Å². The number of hydrogen-bond donors (Lipinski definition) is 1. The van der Waals surface area contributed by atoms with Crippen molar-refractivity contribution in [2.24, 2.45) is 0 Å². The van der Waals surface area contributed by atoms with E-state index in [1.807, 2.05) is 6.26 Å². The summed E-state index contributed by atoms with van der Waals surface area (Å²) in [4.78, 5) is 25.2. The SMILES string of the molecule is CSc1ccc2oc(=O)[nH]c(=O)c2c1. The number of aromatic nitrogens is 1. The van der Waals surface area contributed by atoms with Crippen molar-refractivity contribution in [3.8, 4) is 0 Å². The van der Waals surface area contributed by atoms with E-state index in [4.69, 9.17) is 4.42 Å². The first-order chi connectivity index (χ1) is 6.70. The van der Waals surface area contributed by atoms with Gasteiger partial charge >= 0.3 is 5.76 Å². The van der Waals surface area contributed by atoms with E-state index in [0.717, 1.165) is 4.90 Å². The smallest absolute Gasteiger partial charge is 0.409 e. The Kier molecular flexibility index (Phi) is 2.17. The maximum absolute atomic E-state index is 11.3. The summed E-state index contributed by atoms with van der Waals surface area (Å²) in [6.07, 6.45) is 1.91. The van der Waals surface area contributed by atoms with Crippen LogP contribution in [0.4, 0.5) is 0 Å². The lowest BCUT2D eigenvalue weighted by Crippen LogP contribution is -2.17. The Hall–Kier alpha value is -1.49. The van der Waals surface area contributed by atoms with E-state index in [0.29, 0.717) is 11.0 Å². The van der Waals surface area contributed by atoms with Crippen molar-refractivity contribution in [1.82, 2.24) is 4.98 Å². The summed E-state index contributed by atoms with van der Waals surface area (Å²) >= 11 is 1.52. The molecule has 72 valence electrons. The van der Waals surface area contributed by atoms with E-state index in [9.17, 15) is 9.59 Å². The van der Waals surface area contributed by atoms with Crippen molar-refractivity contribution in [3.63, 3.8) is 0 Å². The summed E-state index contributed by atoms with van der Waals surface area (Å²) in [5.74, 6) is -0.723. The maximum atomic E-state index is 11.3. The molecule has 0 amide bonds. The largest absolute Gasteiger partial charge is 0.419 e. The third kappa shape index (κ3) is 1.46. The fourth-order valence-electron chi connectivity index (χ4n) is 1.19. The topological polar surface area (TPSA) is 63.1 Å². The number of nitrogens with one attached hydrogen (secondary N) is 1. The lowest BCUT2D eigenvalue weighted by atomic mass is 10.2. The molecule has 2 aromatic rings. The molecule has 1 N–H and O–H groups in total. The summed E-state index contributed by atoms with van der Waals surface area (Å²) in [6, 6.07) is 5.12. The van der Waals surface area contributed by atoms with Crippen LogP contribution in [0, 0.1) is 0 Å². The minimum Gasteiger partial charge on any atom is -0.409 e. The Morgan fingerprint density at radius 1 is 1.36 bits per heavy atom. The van der Waals surface area contributed by atoms with Crippen molar-refractivity contribution in [2.75, 3.05) is 6.26 Å². The quantitative estimate of drug-likeness (QED) is 0.717. The van der Waals surface area contributed by atoms with Crippen molar-refractivity contribution in [2.45, 2.75) is 4.90 Å². The van der Waals surface area contributed by atoms with Gasteiger partial charge in [0.05, 0.1) is 5.39 Å². The molecule has 0 saturated heterocycles. The molecular formula is C9H7NO3S. The van der Waals surface area contributed by atoms with Crippen LogP contribution in [0.1, 0.15) is 0 Å². The zero-order valence-corrected chi connectivity index (χ0v) is 8.18. The Morgan fingerprint density at radius 2 is 2.14 bits per heavy atom. The molecule has 0 aliphatic carbocycles. The number of hydrogen-bond acceptors (Lipinski definition) is 4. The van der Waals surface area contributed by atoms with Gasteiger partial charge in [0.1, 0.15) is 5.58 Å². The van der Waals surface area contributed by atoms with Crippen LogP contribution >= 0.6 is 11.8 Å². The lowest BCUT2D eigenvalue weighted by Gasteiger charge is -1.97. The third-order valence-corrected chi connectivity index (χ3v) is 2.57. The summed E-state index contributed by atoms with van der Waals surface area (Å²) < 4.78 is 4.82. The van der Waals surface area contributed by atoms with Crippen LogP contribution < -0.4 is 11.3 Å². The molecule has 5 heteroatoms. The predicted octanol–water partition coefficient (Wildman–Crippen LogP) is 1.20. The summed E-state index contributed by atoms with van der Waals surface area (Å²) in [7, 11) is 0. The molecule has 0 aliphatic rings. The lowest BCUT2D eigenvalue weighted by molar-refractivity contribution is 0.528. The van der Waals surface area contributed by atoms with Gasteiger partial charge in [0.25, 0.3) is 5.56 Å². The van der Waals surface area contributed by atoms with Crippen LogP contribution in [0.15, 0.2) is 37.1 Å². The Balaban J connectivity index is 2.89. The van der Waals surface area contributed by atoms with Crippen LogP contribution in [0.2, 0.25) is 0 Å². The van der Waals surface area contributed by atoms with Gasteiger partial charge in [-0.3, -0.25) is 9.78 Å². The minimum absolute atomic E-state index is 0.316. The molecule has 1 aromatic heterocycles. The van der Waals surface area contributed by atoms with Crippen LogP contribution in [-0.4, -0.2) is 11.2 Å². The van der Waals surface area contributed by atoms with Gasteiger partial charge < -0.3 is 4.42 Å². The summed E-state index contributed by atoms with van der Waals surface area (Å²) in [6.45, 7) is 0. The first kappa shape index (κ1) is 9.08. The predicted molar refractivity (Wildman–Crippen MR) is 54.9 cm³/mol. The Labute approximate surface area is 82.9 Å². The van der Waals surface area contributed by atoms with Crippen LogP contribution in [0.25, 0.3) is 11.0 Å². The highest BCUT2D eigenvalue weighted by Gasteiger charge is 2.02. The van der Waals surface area contributed by atoms with Gasteiger partial charge in [0.2, 0.25) is 0 Å². The molecule has 0 saturated carbocycles. The molecule has 0 radical (unpaired) electrons. The van der Waals surface area contributed by atoms with Gasteiger partial charge in [-0.05, 0) is 24.5 Å². The molecule has 0 atom stereocenters. The summed E-state index contributed by atoms with van der Waals surface area (Å²) in [5, 5.41) is 0.399. The van der Waals surface area contributed by atoms with E-state index in [1.54, 1.807) is 18.2 Å². The zero-order valence-electron chi connectivity index (χ0n) is 7.37. The van der Waals surface area contributed by atoms with E-state index in [-0.39, 0.29) is 0 Å². The fourth-order valence-corrected chi connectivity index (χ4v) is 1.63. The third-order valence-electron chi connectivity index (χ3n) is 1.85. The molecule has 1 aromatic carbocycles. The normalized spacial score (nSPS) is 10.6. The van der Waals surface area contributed by atoms with Gasteiger partial charge in [-0.25, -0.2) is 4.79 Å². The molecule has 14 heavy (non-hydrogen) atoms. The molecule has 0 aliphatic heterocycles. The molecule has 0 bridgehead atoms. The molecular weight excluding hydrogens is 202 g/mol. The van der Waals surface area contributed by atoms with Gasteiger partial charge in [-0.1, -0.05) is 0 Å². The van der Waals surface area contributed by atoms with E-state index in [2.05, 4.69) is 4.98 Å². The Bertz CT molecular complexity index is 584. The first-order valence-electron chi connectivity index (χ1n) is 3.92. The van der Waals surface area contributed by atoms with Gasteiger partial charge in [-0.15, -0.1) is 11.8 Å². The van der Waals surface area contributed by atoms with E-state index < -0.39 is 11.3 Å². The second-order valence-corrected chi connectivity index (χ2v) is 3.59. The summed E-state index contributed by atoms with van der Waals surface area (Å²) in [5.41, 5.74) is -0.0938. The van der Waals surface area contributed by atoms with Crippen molar-refractivity contribution in [3.05, 3.63) is 39.1 Å². The number of thioether (sulfide) groups is 1. The highest BCUT2D eigenvalue weighted by molar-refractivity contribution is 7.98. The monoisotopic (exact) mass is 209 g/mol. The maximum Gasteiger partial charge on any atom is 0.419 e. The van der Waals surface area contributed by atoms with Gasteiger partial charge in [-0.2, -0.15) is 0 Å². The van der Waals surface area contributed by atoms with Crippen LogP contribution in [0.5, 0.6) is 0 Å². The Morgan fingerprint density at radius 3 is 2.86 bits per heavy atom. The molecule has 1 heterocycles. The van der Waals surface area contributed by atoms with Crippen LogP contribution in [-0.2, 0) is 0 Å². The average molecular weight is 209 g/mol. The second kappa shape index (κ2) is 3.34.